The quantitative estimate of drug-likeness (QED) is 0.755. The van der Waals surface area contributed by atoms with E-state index in [1.165, 1.54) is 6.08 Å². The molecule has 0 bridgehead atoms. The fraction of sp³-hybridized carbons (Fsp3) is 0.692. The van der Waals surface area contributed by atoms with Gasteiger partial charge in [-0.15, -0.1) is 0 Å². The molecule has 0 aliphatic heterocycles. The first-order valence-corrected chi connectivity index (χ1v) is 6.00. The van der Waals surface area contributed by atoms with Crippen LogP contribution in [0.3, 0.4) is 0 Å². The predicted octanol–water partition coefficient (Wildman–Crippen LogP) is 2.18. The molecule has 1 aliphatic carbocycles. The van der Waals surface area contributed by atoms with E-state index in [0.717, 1.165) is 0 Å². The average molecular weight is 255 g/mol. The van der Waals surface area contributed by atoms with E-state index in [1.54, 1.807) is 0 Å². The Balaban J connectivity index is 2.61. The van der Waals surface area contributed by atoms with Gasteiger partial charge >= 0.3 is 12.1 Å². The highest BCUT2D eigenvalue weighted by Gasteiger charge is 2.54. The van der Waals surface area contributed by atoms with Gasteiger partial charge in [0.25, 0.3) is 0 Å². The van der Waals surface area contributed by atoms with E-state index in [0.29, 0.717) is 12.8 Å². The van der Waals surface area contributed by atoms with Crippen molar-refractivity contribution in [2.75, 3.05) is 6.61 Å². The molecule has 2 N–H and O–H groups in total. The Labute approximate surface area is 107 Å². The fourth-order valence-electron chi connectivity index (χ4n) is 2.09. The molecule has 0 atom stereocenters. The van der Waals surface area contributed by atoms with E-state index in [9.17, 15) is 14.7 Å². The summed E-state index contributed by atoms with van der Waals surface area (Å²) in [5, 5.41) is 11.7. The number of rotatable bonds is 4. The predicted molar refractivity (Wildman–Crippen MR) is 67.2 cm³/mol. The zero-order valence-electron chi connectivity index (χ0n) is 11.2. The number of alkyl carbamates (subject to hydrolysis) is 1. The summed E-state index contributed by atoms with van der Waals surface area (Å²) >= 11 is 0. The number of hydrogen-bond donors (Lipinski definition) is 2. The summed E-state index contributed by atoms with van der Waals surface area (Å²) in [5.41, 5.74) is -1.12. The van der Waals surface area contributed by atoms with Gasteiger partial charge in [-0.05, 0) is 24.2 Å². The molecule has 18 heavy (non-hydrogen) atoms. The third-order valence-corrected chi connectivity index (χ3v) is 3.50. The molecule has 0 heterocycles. The number of nitrogens with one attached hydrogen (secondary N) is 1. The molecule has 5 heteroatoms. The van der Waals surface area contributed by atoms with Crippen LogP contribution in [0.15, 0.2) is 12.7 Å². The monoisotopic (exact) mass is 255 g/mol. The maximum Gasteiger partial charge on any atom is 0.408 e. The summed E-state index contributed by atoms with van der Waals surface area (Å²) in [7, 11) is 0. The van der Waals surface area contributed by atoms with Crippen LogP contribution in [0.1, 0.15) is 33.6 Å². The number of carbonyl (C=O) groups excluding carboxylic acids is 1. The molecule has 1 rings (SSSR count). The minimum Gasteiger partial charge on any atom is -0.480 e. The van der Waals surface area contributed by atoms with Crippen molar-refractivity contribution in [1.82, 2.24) is 5.32 Å². The minimum absolute atomic E-state index is 0.0473. The molecule has 1 fully saturated rings. The molecule has 102 valence electrons. The Hall–Kier alpha value is -1.52. The fourth-order valence-corrected chi connectivity index (χ4v) is 2.09. The molecule has 1 saturated carbocycles. The molecule has 0 aromatic rings. The van der Waals surface area contributed by atoms with Gasteiger partial charge in [-0.2, -0.15) is 0 Å². The van der Waals surface area contributed by atoms with Crippen molar-refractivity contribution >= 4 is 12.1 Å². The van der Waals surface area contributed by atoms with Gasteiger partial charge in [-0.25, -0.2) is 9.59 Å². The third kappa shape index (κ3) is 3.03. The topological polar surface area (TPSA) is 75.6 Å². The number of carboxylic acids is 1. The lowest BCUT2D eigenvalue weighted by molar-refractivity contribution is -0.153. The molecular formula is C13H21NO4. The van der Waals surface area contributed by atoms with E-state index in [-0.39, 0.29) is 17.9 Å². The van der Waals surface area contributed by atoms with Crippen LogP contribution in [-0.4, -0.2) is 29.3 Å². The van der Waals surface area contributed by atoms with Crippen molar-refractivity contribution in [3.05, 3.63) is 12.7 Å². The van der Waals surface area contributed by atoms with Crippen molar-refractivity contribution in [3.8, 4) is 0 Å². The first-order chi connectivity index (χ1) is 8.21. The van der Waals surface area contributed by atoms with E-state index in [2.05, 4.69) is 32.7 Å². The number of hydrogen-bond acceptors (Lipinski definition) is 3. The Kier molecular flexibility index (Phi) is 4.04. The number of aliphatic carboxylic acids is 1. The Bertz CT molecular complexity index is 350. The van der Waals surface area contributed by atoms with Gasteiger partial charge in [-0.1, -0.05) is 33.4 Å². The SMILES string of the molecule is C=CCOC(=O)NC1(C(=O)O)CC(C(C)(C)C)C1. The maximum atomic E-state index is 11.4. The first-order valence-electron chi connectivity index (χ1n) is 6.00. The van der Waals surface area contributed by atoms with Crippen LogP contribution in [0.25, 0.3) is 0 Å². The normalized spacial score (nSPS) is 26.9. The van der Waals surface area contributed by atoms with Crippen molar-refractivity contribution in [2.45, 2.75) is 39.2 Å². The lowest BCUT2D eigenvalue weighted by Gasteiger charge is -2.49. The van der Waals surface area contributed by atoms with Crippen LogP contribution >= 0.6 is 0 Å². The maximum absolute atomic E-state index is 11.4. The van der Waals surface area contributed by atoms with Gasteiger partial charge in [0.05, 0.1) is 0 Å². The van der Waals surface area contributed by atoms with Gasteiger partial charge < -0.3 is 15.2 Å². The highest BCUT2D eigenvalue weighted by atomic mass is 16.5. The zero-order chi connectivity index (χ0) is 14.0. The smallest absolute Gasteiger partial charge is 0.408 e. The minimum atomic E-state index is -1.17. The Morgan fingerprint density at radius 3 is 2.44 bits per heavy atom. The van der Waals surface area contributed by atoms with Crippen LogP contribution in [0, 0.1) is 11.3 Å². The molecule has 0 spiro atoms. The average Bonchev–Trinajstić information content (AvgIpc) is 2.17. The standard InChI is InChI=1S/C13H21NO4/c1-5-6-18-11(17)14-13(10(15)16)7-9(8-13)12(2,3)4/h5,9H,1,6-8H2,2-4H3,(H,14,17)(H,15,16). The van der Waals surface area contributed by atoms with Crippen molar-refractivity contribution in [1.29, 1.82) is 0 Å². The number of ether oxygens (including phenoxy) is 1. The van der Waals surface area contributed by atoms with E-state index in [4.69, 9.17) is 4.74 Å². The van der Waals surface area contributed by atoms with Crippen LogP contribution in [-0.2, 0) is 9.53 Å². The van der Waals surface area contributed by atoms with Crippen molar-refractivity contribution < 1.29 is 19.4 Å². The first kappa shape index (κ1) is 14.5. The lowest BCUT2D eigenvalue weighted by atomic mass is 9.59. The summed E-state index contributed by atoms with van der Waals surface area (Å²) in [6.07, 6.45) is 1.61. The lowest BCUT2D eigenvalue weighted by Crippen LogP contribution is -2.64. The second-order valence-corrected chi connectivity index (χ2v) is 5.87. The number of carboxylic acid groups (broad SMARTS) is 1. The van der Waals surface area contributed by atoms with Gasteiger partial charge in [0.15, 0.2) is 0 Å². The van der Waals surface area contributed by atoms with E-state index < -0.39 is 17.6 Å². The van der Waals surface area contributed by atoms with Crippen LogP contribution in [0.2, 0.25) is 0 Å². The molecule has 5 nitrogen and oxygen atoms in total. The van der Waals surface area contributed by atoms with Crippen LogP contribution in [0.4, 0.5) is 4.79 Å². The summed E-state index contributed by atoms with van der Waals surface area (Å²) in [6, 6.07) is 0. The summed E-state index contributed by atoms with van der Waals surface area (Å²) in [5.74, 6) is -0.716. The van der Waals surface area contributed by atoms with Crippen LogP contribution in [0.5, 0.6) is 0 Å². The summed E-state index contributed by atoms with van der Waals surface area (Å²) < 4.78 is 4.76. The van der Waals surface area contributed by atoms with Gasteiger partial charge in [0, 0.05) is 0 Å². The highest BCUT2D eigenvalue weighted by Crippen LogP contribution is 2.47. The second kappa shape index (κ2) is 5.00. The zero-order valence-corrected chi connectivity index (χ0v) is 11.2. The van der Waals surface area contributed by atoms with Gasteiger partial charge in [0.1, 0.15) is 12.1 Å². The van der Waals surface area contributed by atoms with Crippen molar-refractivity contribution in [2.24, 2.45) is 11.3 Å². The molecule has 0 aromatic heterocycles. The second-order valence-electron chi connectivity index (χ2n) is 5.87. The summed E-state index contributed by atoms with van der Waals surface area (Å²) in [6.45, 7) is 9.70. The number of carbonyl (C=O) groups is 2. The Morgan fingerprint density at radius 2 is 2.06 bits per heavy atom. The van der Waals surface area contributed by atoms with E-state index >= 15 is 0 Å². The van der Waals surface area contributed by atoms with E-state index in [1.807, 2.05) is 0 Å². The molecule has 0 unspecified atom stereocenters. The Morgan fingerprint density at radius 1 is 1.50 bits per heavy atom. The largest absolute Gasteiger partial charge is 0.480 e. The summed E-state index contributed by atoms with van der Waals surface area (Å²) in [4.78, 5) is 22.7. The van der Waals surface area contributed by atoms with Crippen LogP contribution < -0.4 is 5.32 Å². The number of amides is 1. The molecule has 1 aliphatic rings. The molecule has 0 radical (unpaired) electrons. The molecule has 1 amide bonds. The highest BCUT2D eigenvalue weighted by molar-refractivity contribution is 5.85. The van der Waals surface area contributed by atoms with Crippen molar-refractivity contribution in [3.63, 3.8) is 0 Å². The third-order valence-electron chi connectivity index (χ3n) is 3.50. The molecule has 0 saturated heterocycles. The molecular weight excluding hydrogens is 234 g/mol. The molecule has 0 aromatic carbocycles. The van der Waals surface area contributed by atoms with Gasteiger partial charge in [0.2, 0.25) is 0 Å². The van der Waals surface area contributed by atoms with Gasteiger partial charge in [-0.3, -0.25) is 0 Å².